The summed E-state index contributed by atoms with van der Waals surface area (Å²) in [7, 11) is 0. The topological polar surface area (TPSA) is 3.24 Å². The number of rotatable bonds is 5. The maximum Gasteiger partial charge on any atom is 0.0503 e. The van der Waals surface area contributed by atoms with Crippen LogP contribution >= 0.6 is 0 Å². The lowest BCUT2D eigenvalue weighted by molar-refractivity contribution is 0.333. The van der Waals surface area contributed by atoms with Gasteiger partial charge in [0.25, 0.3) is 0 Å². The quantitative estimate of drug-likeness (QED) is 0.173. The maximum atomic E-state index is 2.56. The lowest BCUT2D eigenvalue weighted by Gasteiger charge is -2.58. The van der Waals surface area contributed by atoms with Crippen molar-refractivity contribution >= 4 is 17.1 Å². The average Bonchev–Trinajstić information content (AvgIpc) is 3.60. The van der Waals surface area contributed by atoms with E-state index in [0.29, 0.717) is 0 Å². The first kappa shape index (κ1) is 31.0. The highest BCUT2D eigenvalue weighted by Crippen LogP contribution is 2.79. The Labute approximate surface area is 323 Å². The van der Waals surface area contributed by atoms with Crippen molar-refractivity contribution in [1.82, 2.24) is 0 Å². The number of para-hydroxylation sites is 1. The van der Waals surface area contributed by atoms with Crippen LogP contribution in [0, 0.1) is 0 Å². The van der Waals surface area contributed by atoms with Crippen LogP contribution < -0.4 is 4.90 Å². The van der Waals surface area contributed by atoms with Crippen molar-refractivity contribution in [2.24, 2.45) is 0 Å². The van der Waals surface area contributed by atoms with Gasteiger partial charge in [0.1, 0.15) is 0 Å². The van der Waals surface area contributed by atoms with Crippen molar-refractivity contribution in [1.29, 1.82) is 0 Å². The fraction of sp³-hybridized carbons (Fsp3) is 0.111. The van der Waals surface area contributed by atoms with Crippen LogP contribution in [0.4, 0.5) is 17.1 Å². The second kappa shape index (κ2) is 11.1. The van der Waals surface area contributed by atoms with Gasteiger partial charge in [0, 0.05) is 34.0 Å². The van der Waals surface area contributed by atoms with Crippen molar-refractivity contribution in [3.8, 4) is 33.4 Å². The third-order valence-corrected chi connectivity index (χ3v) is 13.6. The summed E-state index contributed by atoms with van der Waals surface area (Å²) < 4.78 is 0. The molecule has 260 valence electrons. The van der Waals surface area contributed by atoms with Gasteiger partial charge in [-0.3, -0.25) is 0 Å². The number of anilines is 3. The molecule has 4 aliphatic rings. The first-order chi connectivity index (χ1) is 27.1. The molecular formula is C54H39N. The summed E-state index contributed by atoms with van der Waals surface area (Å²) in [5.74, 6) is 0.548. The molecule has 0 aliphatic heterocycles. The molecule has 0 amide bonds. The minimum atomic E-state index is -0.0975. The van der Waals surface area contributed by atoms with E-state index in [1.54, 1.807) is 0 Å². The van der Waals surface area contributed by atoms with E-state index < -0.39 is 0 Å². The molecule has 8 aromatic rings. The second-order valence-electron chi connectivity index (χ2n) is 16.4. The lowest BCUT2D eigenvalue weighted by Crippen LogP contribution is -2.52. The van der Waals surface area contributed by atoms with Gasteiger partial charge in [-0.25, -0.2) is 0 Å². The molecule has 0 aromatic heterocycles. The first-order valence-corrected chi connectivity index (χ1v) is 19.7. The van der Waals surface area contributed by atoms with Gasteiger partial charge in [0.15, 0.2) is 0 Å². The van der Waals surface area contributed by atoms with E-state index in [1.165, 1.54) is 95.0 Å². The standard InChI is InChI=1S/C54H39N/c1-53(2)44-22-12-9-19-40(44)41-30-29-38(33-47(41)53)55(37-17-7-4-8-18-37)48-32-31-39(36-27-25-35(26-28-36)34-15-5-3-6-16-34)49-50(48)52-43-21-11-14-24-46(43)54(52)45-23-13-10-20-42(45)51(49)54/h3-33,51-52H,1-2H3. The Kier molecular flexibility index (Phi) is 6.23. The number of fused-ring (bicyclic) bond motifs is 10. The van der Waals surface area contributed by atoms with Gasteiger partial charge >= 0.3 is 0 Å². The van der Waals surface area contributed by atoms with E-state index in [-0.39, 0.29) is 22.7 Å². The molecule has 0 saturated heterocycles. The van der Waals surface area contributed by atoms with Crippen molar-refractivity contribution in [2.45, 2.75) is 36.5 Å². The van der Waals surface area contributed by atoms with Crippen LogP contribution in [0.3, 0.4) is 0 Å². The largest absolute Gasteiger partial charge is 0.310 e. The van der Waals surface area contributed by atoms with Crippen LogP contribution in [0.5, 0.6) is 0 Å². The minimum absolute atomic E-state index is 0.0612. The maximum absolute atomic E-state index is 2.56. The van der Waals surface area contributed by atoms with Crippen LogP contribution in [0.1, 0.15) is 70.2 Å². The Balaban J connectivity index is 1.12. The molecule has 8 aromatic carbocycles. The zero-order chi connectivity index (χ0) is 36.5. The number of nitrogens with zero attached hydrogens (tertiary/aromatic N) is 1. The predicted molar refractivity (Wildman–Crippen MR) is 227 cm³/mol. The first-order valence-electron chi connectivity index (χ1n) is 19.7. The van der Waals surface area contributed by atoms with E-state index in [9.17, 15) is 0 Å². The van der Waals surface area contributed by atoms with Gasteiger partial charge in [0.05, 0.1) is 5.69 Å². The Hall–Kier alpha value is -6.44. The third-order valence-electron chi connectivity index (χ3n) is 13.6. The van der Waals surface area contributed by atoms with Gasteiger partial charge in [-0.1, -0.05) is 172 Å². The van der Waals surface area contributed by atoms with Crippen molar-refractivity contribution in [3.63, 3.8) is 0 Å². The fourth-order valence-corrected chi connectivity index (χ4v) is 11.3. The highest BCUT2D eigenvalue weighted by molar-refractivity contribution is 5.93. The third kappa shape index (κ3) is 3.93. The molecule has 0 fully saturated rings. The summed E-state index contributed by atoms with van der Waals surface area (Å²) in [6.45, 7) is 4.77. The molecule has 0 radical (unpaired) electrons. The SMILES string of the molecule is CC1(C)c2ccccc2-c2ccc(N(c3ccccc3)c3ccc(-c4ccc(-c5ccccc5)cc4)c4c3C3c5ccccc5C35c3ccccc3C45)cc21. The van der Waals surface area contributed by atoms with E-state index in [4.69, 9.17) is 0 Å². The normalized spacial score (nSPS) is 19.7. The highest BCUT2D eigenvalue weighted by atomic mass is 15.1. The highest BCUT2D eigenvalue weighted by Gasteiger charge is 2.70. The second-order valence-corrected chi connectivity index (χ2v) is 16.4. The summed E-state index contributed by atoms with van der Waals surface area (Å²) >= 11 is 0. The van der Waals surface area contributed by atoms with Crippen molar-refractivity contribution < 1.29 is 0 Å². The Morgan fingerprint density at radius 2 is 0.909 bits per heavy atom. The molecule has 4 aliphatic carbocycles. The Bertz CT molecular complexity index is 2850. The summed E-state index contributed by atoms with van der Waals surface area (Å²) in [4.78, 5) is 2.56. The molecule has 0 heterocycles. The molecule has 0 N–H and O–H groups in total. The van der Waals surface area contributed by atoms with Gasteiger partial charge in [-0.05, 0) is 108 Å². The molecule has 55 heavy (non-hydrogen) atoms. The van der Waals surface area contributed by atoms with Crippen LogP contribution in [-0.4, -0.2) is 0 Å². The van der Waals surface area contributed by atoms with Crippen LogP contribution in [-0.2, 0) is 10.8 Å². The number of benzene rings is 8. The zero-order valence-electron chi connectivity index (χ0n) is 31.0. The number of hydrogen-bond acceptors (Lipinski definition) is 1. The lowest BCUT2D eigenvalue weighted by atomic mass is 9.43. The van der Waals surface area contributed by atoms with Gasteiger partial charge < -0.3 is 4.90 Å². The molecular weight excluding hydrogens is 663 g/mol. The van der Waals surface area contributed by atoms with Crippen LogP contribution in [0.2, 0.25) is 0 Å². The van der Waals surface area contributed by atoms with E-state index in [0.717, 1.165) is 0 Å². The van der Waals surface area contributed by atoms with Gasteiger partial charge in [-0.15, -0.1) is 0 Å². The Morgan fingerprint density at radius 3 is 1.62 bits per heavy atom. The smallest absolute Gasteiger partial charge is 0.0503 e. The van der Waals surface area contributed by atoms with E-state index >= 15 is 0 Å². The van der Waals surface area contributed by atoms with Crippen molar-refractivity contribution in [3.05, 3.63) is 233 Å². The van der Waals surface area contributed by atoms with Crippen LogP contribution in [0.25, 0.3) is 33.4 Å². The summed E-state index contributed by atoms with van der Waals surface area (Å²) in [6.07, 6.45) is 0. The molecule has 3 unspecified atom stereocenters. The number of hydrogen-bond donors (Lipinski definition) is 0. The van der Waals surface area contributed by atoms with Crippen LogP contribution in [0.15, 0.2) is 188 Å². The molecule has 3 atom stereocenters. The van der Waals surface area contributed by atoms with Gasteiger partial charge in [-0.2, -0.15) is 0 Å². The predicted octanol–water partition coefficient (Wildman–Crippen LogP) is 13.7. The molecule has 1 heteroatoms. The summed E-state index contributed by atoms with van der Waals surface area (Å²) in [6, 6.07) is 70.6. The van der Waals surface area contributed by atoms with Crippen molar-refractivity contribution in [2.75, 3.05) is 4.90 Å². The molecule has 1 nitrogen and oxygen atoms in total. The molecule has 0 saturated carbocycles. The molecule has 0 bridgehead atoms. The zero-order valence-corrected chi connectivity index (χ0v) is 31.0. The van der Waals surface area contributed by atoms with E-state index in [2.05, 4.69) is 207 Å². The molecule has 12 rings (SSSR count). The fourth-order valence-electron chi connectivity index (χ4n) is 11.3. The summed E-state index contributed by atoms with van der Waals surface area (Å²) in [5, 5.41) is 0. The summed E-state index contributed by atoms with van der Waals surface area (Å²) in [5.41, 5.74) is 23.0. The van der Waals surface area contributed by atoms with E-state index in [1.807, 2.05) is 0 Å². The molecule has 1 spiro atoms. The average molecular weight is 702 g/mol. The minimum Gasteiger partial charge on any atom is -0.310 e. The Morgan fingerprint density at radius 1 is 0.382 bits per heavy atom. The van der Waals surface area contributed by atoms with Gasteiger partial charge in [0.2, 0.25) is 0 Å². The monoisotopic (exact) mass is 701 g/mol.